The monoisotopic (exact) mass is 994 g/mol. The summed E-state index contributed by atoms with van der Waals surface area (Å²) in [5.41, 5.74) is 2.83. The molecule has 0 aliphatic carbocycles. The Morgan fingerprint density at radius 3 is 0.866 bits per heavy atom. The maximum atomic E-state index is 12.3. The average Bonchev–Trinajstić information content (AvgIpc) is 3.20. The zero-order chi connectivity index (χ0) is 48.9. The van der Waals surface area contributed by atoms with Crippen LogP contribution in [0.2, 0.25) is 0 Å². The predicted molar refractivity (Wildman–Crippen MR) is 267 cm³/mol. The Morgan fingerprint density at radius 2 is 0.642 bits per heavy atom. The molecule has 11 nitrogen and oxygen atoms in total. The molecule has 2 aliphatic rings. The van der Waals surface area contributed by atoms with Crippen molar-refractivity contribution in [3.8, 4) is 23.0 Å². The number of carbonyl (C=O) groups is 2. The molecule has 6 rings (SSSR count). The van der Waals surface area contributed by atoms with Crippen LogP contribution in [0, 0.1) is 0 Å². The molecule has 10 bridgehead atoms. The minimum atomic E-state index is -1.10. The molecule has 0 amide bonds. The summed E-state index contributed by atoms with van der Waals surface area (Å²) < 4.78 is 44.2. The second-order valence-electron chi connectivity index (χ2n) is 20.5. The lowest BCUT2D eigenvalue weighted by atomic mass is 9.87. The van der Waals surface area contributed by atoms with Crippen LogP contribution in [0.1, 0.15) is 105 Å². The van der Waals surface area contributed by atoms with Crippen molar-refractivity contribution in [1.82, 2.24) is 0 Å². The van der Waals surface area contributed by atoms with E-state index in [0.717, 1.165) is 41.8 Å². The molecule has 0 saturated carbocycles. The van der Waals surface area contributed by atoms with E-state index in [4.69, 9.17) is 33.2 Å². The third-order valence-corrected chi connectivity index (χ3v) is 15.0. The molecule has 4 aromatic rings. The highest BCUT2D eigenvalue weighted by Gasteiger charge is 2.31. The summed E-state index contributed by atoms with van der Waals surface area (Å²) in [6.07, 6.45) is 0. The molecule has 2 heterocycles. The Hall–Kier alpha value is -3.70. The minimum Gasteiger partial charge on any atom is -0.489 e. The molecule has 0 aromatic heterocycles. The molecule has 0 saturated heterocycles. The first-order valence-electron chi connectivity index (χ1n) is 22.5. The topological polar surface area (TPSA) is 139 Å². The van der Waals surface area contributed by atoms with E-state index in [1.165, 1.54) is 47.0 Å². The van der Waals surface area contributed by atoms with Gasteiger partial charge < -0.3 is 43.4 Å². The zero-order valence-electron chi connectivity index (χ0n) is 40.9. The predicted octanol–water partition coefficient (Wildman–Crippen LogP) is 12.5. The quantitative estimate of drug-likeness (QED) is 0.167. The Bertz CT molecular complexity index is 2160. The van der Waals surface area contributed by atoms with Gasteiger partial charge in [0.15, 0.2) is 13.2 Å². The third-order valence-electron chi connectivity index (χ3n) is 10.8. The summed E-state index contributed by atoms with van der Waals surface area (Å²) >= 11 is 5.84. The number of benzene rings is 4. The minimum absolute atomic E-state index is 0.212. The molecular weight excluding hydrogens is 929 g/mol. The van der Waals surface area contributed by atoms with Gasteiger partial charge in [0, 0.05) is 0 Å². The Labute approximate surface area is 413 Å². The first-order valence-corrected chi connectivity index (χ1v) is 25.8. The van der Waals surface area contributed by atoms with Crippen LogP contribution in [0.4, 0.5) is 0 Å². The molecule has 2 aliphatic heterocycles. The average molecular weight is 995 g/mol. The van der Waals surface area contributed by atoms with Crippen LogP contribution < -0.4 is 18.9 Å². The van der Waals surface area contributed by atoms with Crippen molar-refractivity contribution in [2.45, 2.75) is 144 Å². The summed E-state index contributed by atoms with van der Waals surface area (Å²) in [6.45, 7) is 27.3. The maximum Gasteiger partial charge on any atom is 0.341 e. The normalized spacial score (nSPS) is 15.8. The molecule has 0 radical (unpaired) electrons. The van der Waals surface area contributed by atoms with Gasteiger partial charge in [-0.2, -0.15) is 0 Å². The van der Waals surface area contributed by atoms with E-state index < -0.39 is 25.2 Å². The lowest BCUT2D eigenvalue weighted by Crippen LogP contribution is -2.16. The zero-order valence-corrected chi connectivity index (χ0v) is 44.2. The SMILES string of the molecule is CC(C)(C)c1cc2c3c(c1)Sc1cc(C(C)(C)C)cc(c1OCC(=O)O)Sc1cc(C(C)(C)C)cc(c1OCCOCCOCCOCCO3)Sc1cc(C(C)(C)C)cc(c1OCC(=O)O)S2. The van der Waals surface area contributed by atoms with E-state index in [-0.39, 0.29) is 48.1 Å². The van der Waals surface area contributed by atoms with Crippen molar-refractivity contribution >= 4 is 59.0 Å². The highest BCUT2D eigenvalue weighted by atomic mass is 32.2. The smallest absolute Gasteiger partial charge is 0.341 e. The van der Waals surface area contributed by atoms with E-state index in [0.29, 0.717) is 69.0 Å². The van der Waals surface area contributed by atoms with Gasteiger partial charge in [-0.25, -0.2) is 9.59 Å². The molecule has 0 spiro atoms. The van der Waals surface area contributed by atoms with E-state index in [2.05, 4.69) is 132 Å². The van der Waals surface area contributed by atoms with E-state index in [1.807, 2.05) is 0 Å². The van der Waals surface area contributed by atoms with Crippen molar-refractivity contribution in [2.24, 2.45) is 0 Å². The fourth-order valence-corrected chi connectivity index (χ4v) is 11.7. The van der Waals surface area contributed by atoms with Crippen molar-refractivity contribution in [3.05, 3.63) is 70.8 Å². The Kier molecular flexibility index (Phi) is 17.2. The van der Waals surface area contributed by atoms with Gasteiger partial charge in [0.1, 0.15) is 36.2 Å². The molecule has 67 heavy (non-hydrogen) atoms. The molecule has 0 unspecified atom stereocenters. The van der Waals surface area contributed by atoms with E-state index in [1.54, 1.807) is 0 Å². The van der Waals surface area contributed by atoms with Gasteiger partial charge in [-0.05, 0) is 92.4 Å². The largest absolute Gasteiger partial charge is 0.489 e. The number of fused-ring (bicyclic) bond motifs is 2. The number of carboxylic acids is 2. The highest BCUT2D eigenvalue weighted by molar-refractivity contribution is 8.01. The van der Waals surface area contributed by atoms with Crippen LogP contribution in [0.3, 0.4) is 0 Å². The van der Waals surface area contributed by atoms with Crippen molar-refractivity contribution in [1.29, 1.82) is 0 Å². The van der Waals surface area contributed by atoms with Gasteiger partial charge in [-0.15, -0.1) is 0 Å². The molecule has 15 heteroatoms. The lowest BCUT2D eigenvalue weighted by molar-refractivity contribution is -0.140. The molecule has 364 valence electrons. The maximum absolute atomic E-state index is 12.3. The van der Waals surface area contributed by atoms with Crippen LogP contribution in [0.15, 0.2) is 87.7 Å². The molecule has 0 fully saturated rings. The first kappa shape index (κ1) is 52.7. The standard InChI is InChI=1S/C52H66O11S4/c1-49(2,3)31-21-35-45-36(22-31)65-40-26-34(52(10,11)12)28-42(48(40)63-30-44(55)56)67-38-24-32(50(4,5)6)23-37(46(38)61-20-18-59-16-14-57-13-15-58-17-19-60-45)66-41-27-33(51(7,8)9)25-39(64-35)47(41)62-29-43(53)54/h21-28H,13-20,29-30H2,1-12H3,(H,53,54)(H,55,56). The molecule has 2 N–H and O–H groups in total. The summed E-state index contributed by atoms with van der Waals surface area (Å²) in [5.74, 6) is -0.164. The fraction of sp³-hybridized carbons (Fsp3) is 0.500. The number of hydrogen-bond acceptors (Lipinski definition) is 13. The number of carboxylic acid groups (broad SMARTS) is 2. The fourth-order valence-electron chi connectivity index (χ4n) is 6.90. The summed E-state index contributed by atoms with van der Waals surface area (Å²) in [6, 6.07) is 16.9. The van der Waals surface area contributed by atoms with Gasteiger partial charge >= 0.3 is 11.9 Å². The first-order chi connectivity index (χ1) is 31.4. The second-order valence-corrected chi connectivity index (χ2v) is 24.8. The lowest BCUT2D eigenvalue weighted by Gasteiger charge is -2.28. The van der Waals surface area contributed by atoms with Crippen LogP contribution in [0.25, 0.3) is 0 Å². The van der Waals surface area contributed by atoms with Gasteiger partial charge in [0.25, 0.3) is 0 Å². The van der Waals surface area contributed by atoms with Crippen molar-refractivity contribution in [2.75, 3.05) is 66.1 Å². The summed E-state index contributed by atoms with van der Waals surface area (Å²) in [7, 11) is 0. The summed E-state index contributed by atoms with van der Waals surface area (Å²) in [5, 5.41) is 20.2. The Morgan fingerprint density at radius 1 is 0.418 bits per heavy atom. The Balaban J connectivity index is 1.80. The highest BCUT2D eigenvalue weighted by Crippen LogP contribution is 2.56. The number of rotatable bonds is 6. The van der Waals surface area contributed by atoms with Crippen LogP contribution in [-0.2, 0) is 45.5 Å². The molecular formula is C52H66O11S4. The van der Waals surface area contributed by atoms with Gasteiger partial charge in [0.2, 0.25) is 0 Å². The summed E-state index contributed by atoms with van der Waals surface area (Å²) in [4.78, 5) is 30.7. The number of ether oxygens (including phenoxy) is 7. The second kappa shape index (κ2) is 21.9. The molecule has 0 atom stereocenters. The van der Waals surface area contributed by atoms with E-state index in [9.17, 15) is 19.8 Å². The van der Waals surface area contributed by atoms with Gasteiger partial charge in [-0.1, -0.05) is 130 Å². The van der Waals surface area contributed by atoms with Crippen molar-refractivity contribution < 1.29 is 53.0 Å². The van der Waals surface area contributed by atoms with Gasteiger partial charge in [-0.3, -0.25) is 0 Å². The molecule has 4 aromatic carbocycles. The van der Waals surface area contributed by atoms with Crippen LogP contribution in [-0.4, -0.2) is 88.2 Å². The van der Waals surface area contributed by atoms with E-state index >= 15 is 0 Å². The number of hydrogen-bond donors (Lipinski definition) is 2. The van der Waals surface area contributed by atoms with Crippen molar-refractivity contribution in [3.63, 3.8) is 0 Å². The van der Waals surface area contributed by atoms with Gasteiger partial charge in [0.05, 0.1) is 78.8 Å². The number of aliphatic carboxylic acids is 2. The third kappa shape index (κ3) is 14.2. The van der Waals surface area contributed by atoms with Crippen LogP contribution in [0.5, 0.6) is 23.0 Å². The van der Waals surface area contributed by atoms with Crippen LogP contribution >= 0.6 is 47.0 Å².